The van der Waals surface area contributed by atoms with E-state index >= 15 is 0 Å². The van der Waals surface area contributed by atoms with Crippen LogP contribution in [0.2, 0.25) is 0 Å². The molecule has 2 heteroatoms. The summed E-state index contributed by atoms with van der Waals surface area (Å²) in [5.41, 5.74) is 8.52. The number of aryl methyl sites for hydroxylation is 1. The van der Waals surface area contributed by atoms with E-state index in [1.807, 2.05) is 0 Å². The molecule has 0 atom stereocenters. The Morgan fingerprint density at radius 1 is 1.19 bits per heavy atom. The summed E-state index contributed by atoms with van der Waals surface area (Å²) in [7, 11) is 0. The molecule has 0 spiro atoms. The second-order valence-electron chi connectivity index (χ2n) is 5.15. The molecule has 16 heavy (non-hydrogen) atoms. The van der Waals surface area contributed by atoms with Crippen molar-refractivity contribution in [3.63, 3.8) is 0 Å². The van der Waals surface area contributed by atoms with Crippen LogP contribution in [0.1, 0.15) is 32.8 Å². The minimum Gasteiger partial charge on any atom is -0.372 e. The second-order valence-corrected chi connectivity index (χ2v) is 5.15. The van der Waals surface area contributed by atoms with Gasteiger partial charge >= 0.3 is 0 Å². The van der Waals surface area contributed by atoms with Crippen molar-refractivity contribution in [2.45, 2.75) is 39.7 Å². The van der Waals surface area contributed by atoms with Gasteiger partial charge in [0.1, 0.15) is 0 Å². The van der Waals surface area contributed by atoms with E-state index in [-0.39, 0.29) is 5.54 Å². The van der Waals surface area contributed by atoms with Gasteiger partial charge in [0.2, 0.25) is 0 Å². The van der Waals surface area contributed by atoms with E-state index in [0.29, 0.717) is 0 Å². The van der Waals surface area contributed by atoms with Gasteiger partial charge in [0, 0.05) is 24.3 Å². The SMILES string of the molecule is CCN(CCC(C)(C)N)c1ccc(C)cc1. The van der Waals surface area contributed by atoms with Gasteiger partial charge in [0.05, 0.1) is 0 Å². The van der Waals surface area contributed by atoms with Crippen LogP contribution in [0.15, 0.2) is 24.3 Å². The zero-order valence-electron chi connectivity index (χ0n) is 11.0. The number of hydrogen-bond donors (Lipinski definition) is 1. The minimum absolute atomic E-state index is 0.0852. The minimum atomic E-state index is -0.0852. The zero-order valence-corrected chi connectivity index (χ0v) is 11.0. The van der Waals surface area contributed by atoms with Crippen LogP contribution in [0.3, 0.4) is 0 Å². The number of rotatable bonds is 5. The third kappa shape index (κ3) is 4.23. The maximum absolute atomic E-state index is 6.01. The van der Waals surface area contributed by atoms with Crippen molar-refractivity contribution in [1.29, 1.82) is 0 Å². The van der Waals surface area contributed by atoms with Gasteiger partial charge in [-0.1, -0.05) is 17.7 Å². The van der Waals surface area contributed by atoms with E-state index in [2.05, 4.69) is 56.9 Å². The van der Waals surface area contributed by atoms with E-state index in [0.717, 1.165) is 19.5 Å². The summed E-state index contributed by atoms with van der Waals surface area (Å²) >= 11 is 0. The van der Waals surface area contributed by atoms with E-state index in [1.54, 1.807) is 0 Å². The van der Waals surface area contributed by atoms with Gasteiger partial charge in [-0.2, -0.15) is 0 Å². The molecule has 1 aromatic carbocycles. The largest absolute Gasteiger partial charge is 0.372 e. The Kier molecular flexibility index (Phi) is 4.36. The molecule has 0 bridgehead atoms. The number of benzene rings is 1. The number of anilines is 1. The van der Waals surface area contributed by atoms with Crippen molar-refractivity contribution in [2.75, 3.05) is 18.0 Å². The van der Waals surface area contributed by atoms with Crippen LogP contribution in [0.4, 0.5) is 5.69 Å². The normalized spacial score (nSPS) is 11.6. The maximum Gasteiger partial charge on any atom is 0.0366 e. The summed E-state index contributed by atoms with van der Waals surface area (Å²) < 4.78 is 0. The molecule has 0 unspecified atom stereocenters. The molecule has 0 radical (unpaired) electrons. The molecule has 0 heterocycles. The van der Waals surface area contributed by atoms with E-state index in [9.17, 15) is 0 Å². The standard InChI is InChI=1S/C14H24N2/c1-5-16(11-10-14(3,4)15)13-8-6-12(2)7-9-13/h6-9H,5,10-11,15H2,1-4H3. The zero-order chi connectivity index (χ0) is 12.2. The Morgan fingerprint density at radius 2 is 1.75 bits per heavy atom. The fourth-order valence-corrected chi connectivity index (χ4v) is 1.65. The lowest BCUT2D eigenvalue weighted by molar-refractivity contribution is 0.475. The van der Waals surface area contributed by atoms with Crippen LogP contribution in [0.25, 0.3) is 0 Å². The molecule has 90 valence electrons. The predicted octanol–water partition coefficient (Wildman–Crippen LogP) is 2.95. The Bertz CT molecular complexity index is 309. The van der Waals surface area contributed by atoms with Gasteiger partial charge in [-0.15, -0.1) is 0 Å². The molecule has 0 fully saturated rings. The Hall–Kier alpha value is -1.02. The number of nitrogens with two attached hydrogens (primary N) is 1. The molecule has 0 aromatic heterocycles. The third-order valence-electron chi connectivity index (χ3n) is 2.81. The van der Waals surface area contributed by atoms with Gasteiger partial charge in [0.25, 0.3) is 0 Å². The first-order valence-corrected chi connectivity index (χ1v) is 6.03. The third-order valence-corrected chi connectivity index (χ3v) is 2.81. The maximum atomic E-state index is 6.01. The van der Waals surface area contributed by atoms with E-state index in [4.69, 9.17) is 5.73 Å². The van der Waals surface area contributed by atoms with Crippen molar-refractivity contribution in [3.8, 4) is 0 Å². The average molecular weight is 220 g/mol. The summed E-state index contributed by atoms with van der Waals surface area (Å²) in [6.07, 6.45) is 1.01. The molecule has 2 nitrogen and oxygen atoms in total. The lowest BCUT2D eigenvalue weighted by Gasteiger charge is -2.27. The topological polar surface area (TPSA) is 29.3 Å². The highest BCUT2D eigenvalue weighted by atomic mass is 15.1. The molecule has 0 aliphatic heterocycles. The molecular formula is C14H24N2. The highest BCUT2D eigenvalue weighted by molar-refractivity contribution is 5.47. The molecule has 0 amide bonds. The van der Waals surface area contributed by atoms with Crippen LogP contribution in [0, 0.1) is 6.92 Å². The Labute approximate surface area is 99.5 Å². The quantitative estimate of drug-likeness (QED) is 0.826. The lowest BCUT2D eigenvalue weighted by atomic mass is 10.0. The predicted molar refractivity (Wildman–Crippen MR) is 71.9 cm³/mol. The van der Waals surface area contributed by atoms with Crippen LogP contribution in [0.5, 0.6) is 0 Å². The van der Waals surface area contributed by atoms with Crippen molar-refractivity contribution < 1.29 is 0 Å². The summed E-state index contributed by atoms with van der Waals surface area (Å²) in [5, 5.41) is 0. The monoisotopic (exact) mass is 220 g/mol. The first-order valence-electron chi connectivity index (χ1n) is 6.03. The van der Waals surface area contributed by atoms with Crippen molar-refractivity contribution in [2.24, 2.45) is 5.73 Å². The van der Waals surface area contributed by atoms with Gasteiger partial charge in [0.15, 0.2) is 0 Å². The fraction of sp³-hybridized carbons (Fsp3) is 0.571. The van der Waals surface area contributed by atoms with Gasteiger partial charge in [-0.05, 0) is 46.2 Å². The van der Waals surface area contributed by atoms with Gasteiger partial charge in [-0.25, -0.2) is 0 Å². The van der Waals surface area contributed by atoms with Crippen molar-refractivity contribution >= 4 is 5.69 Å². The highest BCUT2D eigenvalue weighted by Crippen LogP contribution is 2.16. The smallest absolute Gasteiger partial charge is 0.0366 e. The van der Waals surface area contributed by atoms with Crippen molar-refractivity contribution in [1.82, 2.24) is 0 Å². The summed E-state index contributed by atoms with van der Waals surface area (Å²) in [6, 6.07) is 8.68. The molecule has 0 saturated carbocycles. The van der Waals surface area contributed by atoms with Crippen LogP contribution in [-0.4, -0.2) is 18.6 Å². The summed E-state index contributed by atoms with van der Waals surface area (Å²) in [6.45, 7) is 10.5. The summed E-state index contributed by atoms with van der Waals surface area (Å²) in [4.78, 5) is 2.37. The Morgan fingerprint density at radius 3 is 2.19 bits per heavy atom. The first kappa shape index (κ1) is 13.0. The van der Waals surface area contributed by atoms with Crippen LogP contribution in [-0.2, 0) is 0 Å². The molecule has 2 N–H and O–H groups in total. The highest BCUT2D eigenvalue weighted by Gasteiger charge is 2.13. The molecular weight excluding hydrogens is 196 g/mol. The molecule has 1 aromatic rings. The van der Waals surface area contributed by atoms with Crippen LogP contribution < -0.4 is 10.6 Å². The van der Waals surface area contributed by atoms with E-state index in [1.165, 1.54) is 11.3 Å². The van der Waals surface area contributed by atoms with Crippen molar-refractivity contribution in [3.05, 3.63) is 29.8 Å². The number of hydrogen-bond acceptors (Lipinski definition) is 2. The molecule has 0 aliphatic carbocycles. The molecule has 0 aliphatic rings. The second kappa shape index (κ2) is 5.35. The average Bonchev–Trinajstić information content (AvgIpc) is 2.20. The van der Waals surface area contributed by atoms with Gasteiger partial charge < -0.3 is 10.6 Å². The van der Waals surface area contributed by atoms with Crippen LogP contribution >= 0.6 is 0 Å². The number of nitrogens with zero attached hydrogens (tertiary/aromatic N) is 1. The Balaban J connectivity index is 2.64. The summed E-state index contributed by atoms with van der Waals surface area (Å²) in [5.74, 6) is 0. The molecule has 0 saturated heterocycles. The van der Waals surface area contributed by atoms with Gasteiger partial charge in [-0.3, -0.25) is 0 Å². The lowest BCUT2D eigenvalue weighted by Crippen LogP contribution is -2.37. The molecule has 1 rings (SSSR count). The van der Waals surface area contributed by atoms with E-state index < -0.39 is 0 Å². The fourth-order valence-electron chi connectivity index (χ4n) is 1.65. The first-order chi connectivity index (χ1) is 7.42.